The number of benzene rings is 1. The number of rotatable bonds is 7. The number of carbonyl (C=O) groups is 1. The first-order chi connectivity index (χ1) is 14.0. The second-order valence-corrected chi connectivity index (χ2v) is 8.66. The van der Waals surface area contributed by atoms with Gasteiger partial charge in [0.05, 0.1) is 11.9 Å². The molecule has 1 aromatic carbocycles. The van der Waals surface area contributed by atoms with Gasteiger partial charge in [-0.3, -0.25) is 9.59 Å². The molecule has 1 amide bonds. The average molecular weight is 412 g/mol. The molecule has 152 valence electrons. The lowest BCUT2D eigenvalue weighted by atomic mass is 10.1. The van der Waals surface area contributed by atoms with E-state index < -0.39 is 0 Å². The van der Waals surface area contributed by atoms with Gasteiger partial charge >= 0.3 is 0 Å². The van der Waals surface area contributed by atoms with E-state index in [1.54, 1.807) is 0 Å². The molecule has 1 aliphatic carbocycles. The van der Waals surface area contributed by atoms with Gasteiger partial charge in [-0.25, -0.2) is 4.98 Å². The van der Waals surface area contributed by atoms with E-state index in [1.807, 2.05) is 19.9 Å². The van der Waals surface area contributed by atoms with Crippen LogP contribution in [0.4, 0.5) is 0 Å². The van der Waals surface area contributed by atoms with Gasteiger partial charge in [0, 0.05) is 17.7 Å². The van der Waals surface area contributed by atoms with Crippen molar-refractivity contribution < 1.29 is 9.53 Å². The Morgan fingerprint density at radius 3 is 2.97 bits per heavy atom. The van der Waals surface area contributed by atoms with Crippen LogP contribution >= 0.6 is 11.3 Å². The highest BCUT2D eigenvalue weighted by atomic mass is 32.1. The first kappa shape index (κ1) is 19.6. The smallest absolute Gasteiger partial charge is 0.259 e. The Hall–Kier alpha value is -2.67. The Morgan fingerprint density at radius 2 is 2.10 bits per heavy atom. The van der Waals surface area contributed by atoms with Gasteiger partial charge in [-0.15, -0.1) is 11.3 Å². The van der Waals surface area contributed by atoms with Gasteiger partial charge in [0.15, 0.2) is 0 Å². The summed E-state index contributed by atoms with van der Waals surface area (Å²) in [6.45, 7) is 4.80. The lowest BCUT2D eigenvalue weighted by Crippen LogP contribution is -2.28. The number of aryl methyl sites for hydroxylation is 5. The van der Waals surface area contributed by atoms with Crippen LogP contribution in [0.25, 0.3) is 10.2 Å². The predicted molar refractivity (Wildman–Crippen MR) is 115 cm³/mol. The predicted octanol–water partition coefficient (Wildman–Crippen LogP) is 3.22. The maximum absolute atomic E-state index is 12.3. The Labute approximate surface area is 173 Å². The molecule has 0 spiro atoms. The number of aromatic amines is 1. The van der Waals surface area contributed by atoms with Crippen molar-refractivity contribution in [2.75, 3.05) is 13.2 Å². The molecule has 0 saturated heterocycles. The minimum atomic E-state index is -0.130. The topological polar surface area (TPSA) is 84.1 Å². The molecule has 0 atom stereocenters. The zero-order valence-corrected chi connectivity index (χ0v) is 17.6. The number of H-pyrrole nitrogens is 1. The van der Waals surface area contributed by atoms with Crippen molar-refractivity contribution in [2.45, 2.75) is 46.0 Å². The van der Waals surface area contributed by atoms with Crippen molar-refractivity contribution in [3.05, 3.63) is 55.9 Å². The Kier molecular flexibility index (Phi) is 5.67. The first-order valence-corrected chi connectivity index (χ1v) is 10.8. The van der Waals surface area contributed by atoms with E-state index >= 15 is 0 Å². The third-order valence-corrected chi connectivity index (χ3v) is 6.54. The molecule has 0 unspecified atom stereocenters. The SMILES string of the molecule is Cc1sc2nc(CCC(=O)NCCOc3ccc4c(c3)CCC4)[nH]c(=O)c2c1C. The largest absolute Gasteiger partial charge is 0.492 e. The van der Waals surface area contributed by atoms with Crippen LogP contribution in [-0.4, -0.2) is 29.0 Å². The summed E-state index contributed by atoms with van der Waals surface area (Å²) in [5, 5.41) is 3.52. The van der Waals surface area contributed by atoms with Crippen LogP contribution in [0.1, 0.15) is 40.2 Å². The van der Waals surface area contributed by atoms with Crippen molar-refractivity contribution in [3.63, 3.8) is 0 Å². The summed E-state index contributed by atoms with van der Waals surface area (Å²) in [5.74, 6) is 1.33. The molecule has 4 rings (SSSR count). The summed E-state index contributed by atoms with van der Waals surface area (Å²) in [7, 11) is 0. The van der Waals surface area contributed by atoms with Gasteiger partial charge in [0.1, 0.15) is 23.0 Å². The van der Waals surface area contributed by atoms with E-state index in [1.165, 1.54) is 28.9 Å². The Morgan fingerprint density at radius 1 is 1.28 bits per heavy atom. The second-order valence-electron chi connectivity index (χ2n) is 7.46. The van der Waals surface area contributed by atoms with Crippen LogP contribution in [0.3, 0.4) is 0 Å². The zero-order valence-electron chi connectivity index (χ0n) is 16.8. The number of fused-ring (bicyclic) bond motifs is 2. The van der Waals surface area contributed by atoms with Gasteiger partial charge in [0.25, 0.3) is 5.56 Å². The minimum Gasteiger partial charge on any atom is -0.492 e. The number of hydrogen-bond acceptors (Lipinski definition) is 5. The highest BCUT2D eigenvalue weighted by Crippen LogP contribution is 2.26. The number of hydrogen-bond donors (Lipinski definition) is 2. The molecule has 7 heteroatoms. The molecule has 0 saturated carbocycles. The molecule has 29 heavy (non-hydrogen) atoms. The van der Waals surface area contributed by atoms with Crippen LogP contribution < -0.4 is 15.6 Å². The molecule has 1 aliphatic rings. The van der Waals surface area contributed by atoms with E-state index in [2.05, 4.69) is 27.4 Å². The summed E-state index contributed by atoms with van der Waals surface area (Å²) in [4.78, 5) is 33.5. The average Bonchev–Trinajstić information content (AvgIpc) is 3.27. The van der Waals surface area contributed by atoms with E-state index in [9.17, 15) is 9.59 Å². The monoisotopic (exact) mass is 411 g/mol. The van der Waals surface area contributed by atoms with Gasteiger partial charge < -0.3 is 15.0 Å². The molecule has 0 aliphatic heterocycles. The fourth-order valence-electron chi connectivity index (χ4n) is 3.74. The number of carbonyl (C=O) groups excluding carboxylic acids is 1. The lowest BCUT2D eigenvalue weighted by molar-refractivity contribution is -0.121. The quantitative estimate of drug-likeness (QED) is 0.585. The van der Waals surface area contributed by atoms with Crippen molar-refractivity contribution in [2.24, 2.45) is 0 Å². The third-order valence-electron chi connectivity index (χ3n) is 5.44. The molecular formula is C22H25N3O3S. The van der Waals surface area contributed by atoms with Crippen molar-refractivity contribution in [1.82, 2.24) is 15.3 Å². The molecule has 2 N–H and O–H groups in total. The Bertz CT molecular complexity index is 1120. The van der Waals surface area contributed by atoms with E-state index in [4.69, 9.17) is 4.74 Å². The van der Waals surface area contributed by atoms with E-state index in [0.717, 1.165) is 33.9 Å². The summed E-state index contributed by atoms with van der Waals surface area (Å²) >= 11 is 1.52. The number of thiophene rings is 1. The molecule has 0 bridgehead atoms. The fraction of sp³-hybridized carbons (Fsp3) is 0.409. The van der Waals surface area contributed by atoms with Gasteiger partial charge in [-0.1, -0.05) is 6.07 Å². The number of ether oxygens (including phenoxy) is 1. The summed E-state index contributed by atoms with van der Waals surface area (Å²) in [5.41, 5.74) is 3.64. The van der Waals surface area contributed by atoms with Crippen LogP contribution in [0.2, 0.25) is 0 Å². The van der Waals surface area contributed by atoms with Crippen LogP contribution in [0.5, 0.6) is 5.75 Å². The minimum absolute atomic E-state index is 0.0798. The van der Waals surface area contributed by atoms with E-state index in [0.29, 0.717) is 30.8 Å². The molecule has 2 heterocycles. The van der Waals surface area contributed by atoms with Gasteiger partial charge in [-0.05, 0) is 61.9 Å². The van der Waals surface area contributed by atoms with Crippen LogP contribution in [0.15, 0.2) is 23.0 Å². The Balaban J connectivity index is 1.24. The van der Waals surface area contributed by atoms with Gasteiger partial charge in [0.2, 0.25) is 5.91 Å². The molecule has 0 radical (unpaired) electrons. The molecule has 6 nitrogen and oxygen atoms in total. The number of amides is 1. The van der Waals surface area contributed by atoms with Crippen molar-refractivity contribution in [1.29, 1.82) is 0 Å². The van der Waals surface area contributed by atoms with Crippen LogP contribution in [0, 0.1) is 13.8 Å². The molecule has 0 fully saturated rings. The highest BCUT2D eigenvalue weighted by Gasteiger charge is 2.13. The summed E-state index contributed by atoms with van der Waals surface area (Å²) in [6.07, 6.45) is 4.17. The zero-order chi connectivity index (χ0) is 20.4. The van der Waals surface area contributed by atoms with Gasteiger partial charge in [-0.2, -0.15) is 0 Å². The maximum atomic E-state index is 12.3. The number of nitrogens with zero attached hydrogens (tertiary/aromatic N) is 1. The number of nitrogens with one attached hydrogen (secondary N) is 2. The maximum Gasteiger partial charge on any atom is 0.259 e. The molecule has 2 aromatic heterocycles. The standard InChI is InChI=1S/C22H25N3O3S/c1-13-14(2)29-22-20(13)21(27)24-18(25-22)8-9-19(26)23-10-11-28-17-7-6-15-4-3-5-16(15)12-17/h6-7,12H,3-5,8-11H2,1-2H3,(H,23,26)(H,24,25,27). The fourth-order valence-corrected chi connectivity index (χ4v) is 4.78. The van der Waals surface area contributed by atoms with Crippen LogP contribution in [-0.2, 0) is 24.1 Å². The van der Waals surface area contributed by atoms with E-state index in [-0.39, 0.29) is 17.9 Å². The van der Waals surface area contributed by atoms with Crippen molar-refractivity contribution in [3.8, 4) is 5.75 Å². The molecular weight excluding hydrogens is 386 g/mol. The second kappa shape index (κ2) is 8.37. The van der Waals surface area contributed by atoms with Crippen molar-refractivity contribution >= 4 is 27.5 Å². The third kappa shape index (κ3) is 4.34. The first-order valence-electron chi connectivity index (χ1n) is 10.0. The summed E-state index contributed by atoms with van der Waals surface area (Å²) in [6, 6.07) is 6.24. The number of aromatic nitrogens is 2. The highest BCUT2D eigenvalue weighted by molar-refractivity contribution is 7.18. The molecule has 3 aromatic rings. The normalized spacial score (nSPS) is 12.9. The summed E-state index contributed by atoms with van der Waals surface area (Å²) < 4.78 is 5.75. The lowest BCUT2D eigenvalue weighted by Gasteiger charge is -2.09.